The van der Waals surface area contributed by atoms with E-state index >= 15 is 0 Å². The van der Waals surface area contributed by atoms with Crippen LogP contribution in [0.3, 0.4) is 0 Å². The largest absolute Gasteiger partial charge is 0.383 e. The minimum atomic E-state index is -0.673. The number of rotatable bonds is 5. The number of aromatic amines is 1. The summed E-state index contributed by atoms with van der Waals surface area (Å²) < 4.78 is 31.7. The molecular formula is C26H27F2N9O. The molecule has 10 nitrogen and oxygen atoms in total. The molecule has 38 heavy (non-hydrogen) atoms. The number of anilines is 2. The van der Waals surface area contributed by atoms with E-state index in [-0.39, 0.29) is 23.5 Å². The summed E-state index contributed by atoms with van der Waals surface area (Å²) in [5.41, 5.74) is 7.73. The molecule has 6 rings (SSSR count). The van der Waals surface area contributed by atoms with E-state index in [2.05, 4.69) is 20.7 Å². The van der Waals surface area contributed by atoms with E-state index in [0.29, 0.717) is 46.0 Å². The SMILES string of the molecule is Cn1ncc(C(=O)NC2CCCC(Nc3nc(-c4c[nH]c5c(F)cc(F)cc45)nc4c3ccn4C)C2)c1N. The summed E-state index contributed by atoms with van der Waals surface area (Å²) in [4.78, 5) is 25.2. The Morgan fingerprint density at radius 1 is 1.16 bits per heavy atom. The number of nitrogen functional groups attached to an aromatic ring is 1. The van der Waals surface area contributed by atoms with Crippen molar-refractivity contribution >= 4 is 39.5 Å². The van der Waals surface area contributed by atoms with Gasteiger partial charge in [0.1, 0.15) is 34.5 Å². The fourth-order valence-corrected chi connectivity index (χ4v) is 5.24. The van der Waals surface area contributed by atoms with Gasteiger partial charge >= 0.3 is 0 Å². The zero-order valence-corrected chi connectivity index (χ0v) is 20.9. The quantitative estimate of drug-likeness (QED) is 0.279. The summed E-state index contributed by atoms with van der Waals surface area (Å²) in [5.74, 6) is -0.277. The second-order valence-corrected chi connectivity index (χ2v) is 9.82. The lowest BCUT2D eigenvalue weighted by Gasteiger charge is -2.30. The number of aromatic nitrogens is 6. The number of nitrogens with zero attached hydrogens (tertiary/aromatic N) is 5. The zero-order chi connectivity index (χ0) is 26.6. The Kier molecular flexibility index (Phi) is 5.73. The molecule has 5 N–H and O–H groups in total. The summed E-state index contributed by atoms with van der Waals surface area (Å²) in [7, 11) is 3.57. The van der Waals surface area contributed by atoms with Crippen LogP contribution in [0.2, 0.25) is 0 Å². The van der Waals surface area contributed by atoms with E-state index in [0.717, 1.165) is 30.7 Å². The van der Waals surface area contributed by atoms with Gasteiger partial charge in [-0.15, -0.1) is 0 Å². The second kappa shape index (κ2) is 9.12. The number of halogens is 2. The molecule has 5 aromatic rings. The van der Waals surface area contributed by atoms with E-state index < -0.39 is 11.6 Å². The maximum atomic E-state index is 14.3. The molecule has 1 amide bonds. The monoisotopic (exact) mass is 519 g/mol. The first-order chi connectivity index (χ1) is 18.3. The zero-order valence-electron chi connectivity index (χ0n) is 20.9. The average Bonchev–Trinajstić information content (AvgIpc) is 3.57. The van der Waals surface area contributed by atoms with Gasteiger partial charge in [0.05, 0.1) is 17.1 Å². The number of H-pyrrole nitrogens is 1. The summed E-state index contributed by atoms with van der Waals surface area (Å²) >= 11 is 0. The lowest BCUT2D eigenvalue weighted by molar-refractivity contribution is 0.0927. The highest BCUT2D eigenvalue weighted by Gasteiger charge is 2.26. The van der Waals surface area contributed by atoms with Gasteiger partial charge in [-0.05, 0) is 37.8 Å². The molecule has 1 aliphatic rings. The Morgan fingerprint density at radius 2 is 1.97 bits per heavy atom. The number of benzene rings is 1. The first-order valence-corrected chi connectivity index (χ1v) is 12.4. The second-order valence-electron chi connectivity index (χ2n) is 9.82. The number of fused-ring (bicyclic) bond motifs is 2. The van der Waals surface area contributed by atoms with Crippen LogP contribution in [0.1, 0.15) is 36.0 Å². The van der Waals surface area contributed by atoms with Gasteiger partial charge in [-0.2, -0.15) is 5.10 Å². The molecule has 0 spiro atoms. The molecule has 2 unspecified atom stereocenters. The molecule has 0 saturated heterocycles. The van der Waals surface area contributed by atoms with Crippen molar-refractivity contribution in [3.63, 3.8) is 0 Å². The molecule has 0 aliphatic heterocycles. The van der Waals surface area contributed by atoms with E-state index in [1.807, 2.05) is 23.9 Å². The standard InChI is InChI=1S/C26H27F2N9O/c1-36-7-6-16-23(32-14-4-3-5-15(10-14)33-26(38)19-12-31-37(2)22(19)29)34-24(35-25(16)36)18-11-30-21-17(18)8-13(27)9-20(21)28/h6-9,11-12,14-15,30H,3-5,10,29H2,1-2H3,(H,33,38)(H,32,34,35). The maximum absolute atomic E-state index is 14.3. The van der Waals surface area contributed by atoms with E-state index in [4.69, 9.17) is 15.7 Å². The fraction of sp³-hybridized carbons (Fsp3) is 0.308. The number of hydrogen-bond donors (Lipinski definition) is 4. The number of carbonyl (C=O) groups excluding carboxylic acids is 1. The summed E-state index contributed by atoms with van der Waals surface area (Å²) in [5, 5.41) is 11.9. The Balaban J connectivity index is 1.29. The van der Waals surface area contributed by atoms with Crippen molar-refractivity contribution in [2.45, 2.75) is 37.8 Å². The topological polar surface area (TPSA) is 131 Å². The van der Waals surface area contributed by atoms with Gasteiger partial charge < -0.3 is 25.9 Å². The molecule has 1 fully saturated rings. The van der Waals surface area contributed by atoms with Crippen LogP contribution in [0, 0.1) is 11.6 Å². The highest BCUT2D eigenvalue weighted by atomic mass is 19.1. The van der Waals surface area contributed by atoms with Gasteiger partial charge in [0.2, 0.25) is 0 Å². The minimum Gasteiger partial charge on any atom is -0.383 e. The Morgan fingerprint density at radius 3 is 2.76 bits per heavy atom. The smallest absolute Gasteiger partial charge is 0.256 e. The van der Waals surface area contributed by atoms with Crippen LogP contribution < -0.4 is 16.4 Å². The molecule has 0 bridgehead atoms. The predicted octanol–water partition coefficient (Wildman–Crippen LogP) is 3.86. The number of nitrogens with two attached hydrogens (primary N) is 1. The predicted molar refractivity (Wildman–Crippen MR) is 140 cm³/mol. The minimum absolute atomic E-state index is 0.0412. The van der Waals surface area contributed by atoms with Crippen molar-refractivity contribution in [3.05, 3.63) is 54.0 Å². The van der Waals surface area contributed by atoms with Gasteiger partial charge in [0.15, 0.2) is 5.82 Å². The summed E-state index contributed by atoms with van der Waals surface area (Å²) in [6, 6.07) is 4.06. The molecule has 4 aromatic heterocycles. The van der Waals surface area contributed by atoms with Crippen molar-refractivity contribution < 1.29 is 13.6 Å². The summed E-state index contributed by atoms with van der Waals surface area (Å²) in [6.07, 6.45) is 8.33. The van der Waals surface area contributed by atoms with Gasteiger partial charge in [0.25, 0.3) is 5.91 Å². The van der Waals surface area contributed by atoms with E-state index in [1.165, 1.54) is 16.9 Å². The number of amides is 1. The highest BCUT2D eigenvalue weighted by Crippen LogP contribution is 2.33. The van der Waals surface area contributed by atoms with Gasteiger partial charge in [-0.3, -0.25) is 9.48 Å². The Bertz CT molecular complexity index is 1690. The lowest BCUT2D eigenvalue weighted by atomic mass is 9.90. The van der Waals surface area contributed by atoms with Crippen LogP contribution >= 0.6 is 0 Å². The first kappa shape index (κ1) is 23.9. The van der Waals surface area contributed by atoms with E-state index in [1.54, 1.807) is 13.2 Å². The van der Waals surface area contributed by atoms with Crippen molar-refractivity contribution in [2.24, 2.45) is 14.1 Å². The first-order valence-electron chi connectivity index (χ1n) is 12.4. The number of nitrogens with one attached hydrogen (secondary N) is 3. The molecular weight excluding hydrogens is 492 g/mol. The van der Waals surface area contributed by atoms with Crippen LogP contribution in [0.5, 0.6) is 0 Å². The van der Waals surface area contributed by atoms with Crippen molar-refractivity contribution in [2.75, 3.05) is 11.1 Å². The molecule has 1 aromatic carbocycles. The lowest BCUT2D eigenvalue weighted by Crippen LogP contribution is -2.42. The van der Waals surface area contributed by atoms with Gasteiger partial charge in [-0.1, -0.05) is 0 Å². The Hall–Kier alpha value is -4.48. The fourth-order valence-electron chi connectivity index (χ4n) is 5.24. The molecule has 0 radical (unpaired) electrons. The molecule has 1 saturated carbocycles. The number of aryl methyl sites for hydroxylation is 2. The summed E-state index contributed by atoms with van der Waals surface area (Å²) in [6.45, 7) is 0. The number of carbonyl (C=O) groups is 1. The number of hydrogen-bond acceptors (Lipinski definition) is 6. The molecule has 1 aliphatic carbocycles. The molecule has 196 valence electrons. The third kappa shape index (κ3) is 4.11. The Labute approximate surface area is 216 Å². The third-order valence-electron chi connectivity index (χ3n) is 7.25. The normalized spacial score (nSPS) is 17.8. The molecule has 12 heteroatoms. The third-order valence-corrected chi connectivity index (χ3v) is 7.25. The average molecular weight is 520 g/mol. The van der Waals surface area contributed by atoms with Crippen LogP contribution in [0.15, 0.2) is 36.8 Å². The highest BCUT2D eigenvalue weighted by molar-refractivity contribution is 5.98. The van der Waals surface area contributed by atoms with Crippen molar-refractivity contribution in [1.29, 1.82) is 0 Å². The van der Waals surface area contributed by atoms with Gasteiger partial charge in [0, 0.05) is 55.6 Å². The molecule has 4 heterocycles. The molecule has 2 atom stereocenters. The van der Waals surface area contributed by atoms with Crippen LogP contribution in [-0.4, -0.2) is 47.3 Å². The maximum Gasteiger partial charge on any atom is 0.256 e. The van der Waals surface area contributed by atoms with Crippen molar-refractivity contribution in [1.82, 2.24) is 34.6 Å². The van der Waals surface area contributed by atoms with Crippen molar-refractivity contribution in [3.8, 4) is 11.4 Å². The van der Waals surface area contributed by atoms with Gasteiger partial charge in [-0.25, -0.2) is 18.7 Å². The van der Waals surface area contributed by atoms with Crippen LogP contribution in [-0.2, 0) is 14.1 Å². The van der Waals surface area contributed by atoms with Crippen LogP contribution in [0.4, 0.5) is 20.4 Å². The van der Waals surface area contributed by atoms with Crippen LogP contribution in [0.25, 0.3) is 33.3 Å². The van der Waals surface area contributed by atoms with E-state index in [9.17, 15) is 13.6 Å².